The van der Waals surface area contributed by atoms with Gasteiger partial charge in [0.25, 0.3) is 0 Å². The van der Waals surface area contributed by atoms with Crippen molar-refractivity contribution in [2.45, 2.75) is 37.8 Å². The number of halogens is 2. The molecule has 2 aliphatic rings. The first-order valence-corrected chi connectivity index (χ1v) is 11.0. The van der Waals surface area contributed by atoms with E-state index in [0.29, 0.717) is 11.4 Å². The molecule has 0 unspecified atom stereocenters. The number of hydrogen-bond donors (Lipinski definition) is 0. The maximum atomic E-state index is 14.9. The predicted molar refractivity (Wildman–Crippen MR) is 114 cm³/mol. The molecule has 0 N–H and O–H groups in total. The van der Waals surface area contributed by atoms with E-state index in [9.17, 15) is 8.78 Å². The summed E-state index contributed by atoms with van der Waals surface area (Å²) in [6, 6.07) is 13.4. The van der Waals surface area contributed by atoms with Gasteiger partial charge < -0.3 is 4.90 Å². The lowest BCUT2D eigenvalue weighted by molar-refractivity contribution is 0.194. The van der Waals surface area contributed by atoms with Crippen molar-refractivity contribution in [3.8, 4) is 0 Å². The molecular weight excluding hydrogens is 398 g/mol. The first-order chi connectivity index (χ1) is 15.2. The van der Waals surface area contributed by atoms with Crippen LogP contribution >= 0.6 is 0 Å². The molecule has 3 aromatic rings. The number of tetrazole rings is 1. The standard InChI is InChI=1S/C23H26F2N6/c24-17-9-11-18(12-10-17)29-13-15-30(16-14-29)22(20-7-3-4-8-21(20)25)23-26-27-28-31(23)19-5-1-2-6-19/h3-4,7-12,19,22H,1-2,5-6,13-16H2/t22-/m0/s1. The summed E-state index contributed by atoms with van der Waals surface area (Å²) >= 11 is 0. The third-order valence-corrected chi connectivity index (χ3v) is 6.50. The summed E-state index contributed by atoms with van der Waals surface area (Å²) in [7, 11) is 0. The van der Waals surface area contributed by atoms with Crippen molar-refractivity contribution in [2.24, 2.45) is 0 Å². The number of hydrogen-bond acceptors (Lipinski definition) is 5. The molecule has 1 aliphatic carbocycles. The smallest absolute Gasteiger partial charge is 0.173 e. The van der Waals surface area contributed by atoms with Crippen LogP contribution in [0.4, 0.5) is 14.5 Å². The van der Waals surface area contributed by atoms with Gasteiger partial charge in [0.2, 0.25) is 0 Å². The fraction of sp³-hybridized carbons (Fsp3) is 0.435. The lowest BCUT2D eigenvalue weighted by Gasteiger charge is -2.40. The van der Waals surface area contributed by atoms with Gasteiger partial charge in [0.15, 0.2) is 5.82 Å². The SMILES string of the molecule is Fc1ccc(N2CCN([C@@H](c3ccccc3F)c3nnnn3C3CCCC3)CC2)cc1. The van der Waals surface area contributed by atoms with Gasteiger partial charge in [-0.15, -0.1) is 5.10 Å². The molecule has 6 nitrogen and oxygen atoms in total. The minimum absolute atomic E-state index is 0.235. The van der Waals surface area contributed by atoms with Gasteiger partial charge in [-0.1, -0.05) is 31.0 Å². The average Bonchev–Trinajstić information content (AvgIpc) is 3.48. The highest BCUT2D eigenvalue weighted by Crippen LogP contribution is 2.35. The molecule has 2 heterocycles. The van der Waals surface area contributed by atoms with E-state index >= 15 is 0 Å². The number of nitrogens with zero attached hydrogens (tertiary/aromatic N) is 6. The van der Waals surface area contributed by atoms with E-state index in [2.05, 4.69) is 25.3 Å². The maximum Gasteiger partial charge on any atom is 0.173 e. The summed E-state index contributed by atoms with van der Waals surface area (Å²) in [6.45, 7) is 2.99. The summed E-state index contributed by atoms with van der Waals surface area (Å²) in [5.74, 6) is 0.238. The molecule has 0 bridgehead atoms. The first-order valence-electron chi connectivity index (χ1n) is 11.0. The van der Waals surface area contributed by atoms with Gasteiger partial charge in [-0.25, -0.2) is 13.5 Å². The van der Waals surface area contributed by atoms with Crippen molar-refractivity contribution in [3.63, 3.8) is 0 Å². The molecule has 0 spiro atoms. The quantitative estimate of drug-likeness (QED) is 0.620. The Bertz CT molecular complexity index is 1010. The topological polar surface area (TPSA) is 50.1 Å². The first kappa shape index (κ1) is 20.1. The fourth-order valence-electron chi connectivity index (χ4n) is 4.88. The van der Waals surface area contributed by atoms with Crippen LogP contribution in [0.25, 0.3) is 0 Å². The van der Waals surface area contributed by atoms with Crippen LogP contribution in [0, 0.1) is 11.6 Å². The lowest BCUT2D eigenvalue weighted by Crippen LogP contribution is -2.48. The summed E-state index contributed by atoms with van der Waals surface area (Å²) in [5.41, 5.74) is 1.60. The fourth-order valence-corrected chi connectivity index (χ4v) is 4.88. The molecule has 5 rings (SSSR count). The van der Waals surface area contributed by atoms with Crippen molar-refractivity contribution < 1.29 is 8.78 Å². The van der Waals surface area contributed by atoms with Crippen molar-refractivity contribution >= 4 is 5.69 Å². The Morgan fingerprint density at radius 2 is 1.58 bits per heavy atom. The highest BCUT2D eigenvalue weighted by Gasteiger charge is 2.34. The zero-order valence-corrected chi connectivity index (χ0v) is 17.4. The monoisotopic (exact) mass is 424 g/mol. The Morgan fingerprint density at radius 3 is 2.29 bits per heavy atom. The van der Waals surface area contributed by atoms with Crippen molar-refractivity contribution in [1.82, 2.24) is 25.1 Å². The van der Waals surface area contributed by atoms with E-state index in [1.807, 2.05) is 16.8 Å². The molecule has 1 aliphatic heterocycles. The molecule has 1 saturated heterocycles. The highest BCUT2D eigenvalue weighted by molar-refractivity contribution is 5.46. The summed E-state index contributed by atoms with van der Waals surface area (Å²) in [5, 5.41) is 12.7. The van der Waals surface area contributed by atoms with E-state index in [1.165, 1.54) is 31.0 Å². The van der Waals surface area contributed by atoms with E-state index in [1.54, 1.807) is 18.2 Å². The molecule has 162 valence electrons. The largest absolute Gasteiger partial charge is 0.369 e. The van der Waals surface area contributed by atoms with Crippen LogP contribution < -0.4 is 4.90 Å². The predicted octanol–water partition coefficient (Wildman–Crippen LogP) is 3.98. The number of rotatable bonds is 5. The lowest BCUT2D eigenvalue weighted by atomic mass is 10.0. The third-order valence-electron chi connectivity index (χ3n) is 6.50. The molecule has 8 heteroatoms. The molecule has 1 aromatic heterocycles. The van der Waals surface area contributed by atoms with Gasteiger partial charge in [-0.3, -0.25) is 4.90 Å². The van der Waals surface area contributed by atoms with E-state index in [-0.39, 0.29) is 23.7 Å². The van der Waals surface area contributed by atoms with Gasteiger partial charge in [0, 0.05) is 37.4 Å². The zero-order valence-electron chi connectivity index (χ0n) is 17.4. The van der Waals surface area contributed by atoms with Crippen LogP contribution in [0.15, 0.2) is 48.5 Å². The van der Waals surface area contributed by atoms with Crippen molar-refractivity contribution in [1.29, 1.82) is 0 Å². The van der Waals surface area contributed by atoms with Crippen LogP contribution in [0.1, 0.15) is 49.2 Å². The molecule has 1 atom stereocenters. The van der Waals surface area contributed by atoms with Gasteiger partial charge in [-0.2, -0.15) is 0 Å². The average molecular weight is 424 g/mol. The Hall–Kier alpha value is -2.87. The Labute approximate surface area is 180 Å². The second-order valence-electron chi connectivity index (χ2n) is 8.34. The van der Waals surface area contributed by atoms with Gasteiger partial charge in [0.05, 0.1) is 6.04 Å². The number of benzene rings is 2. The third kappa shape index (κ3) is 4.04. The van der Waals surface area contributed by atoms with Gasteiger partial charge in [0.1, 0.15) is 17.7 Å². The van der Waals surface area contributed by atoms with E-state index < -0.39 is 0 Å². The summed E-state index contributed by atoms with van der Waals surface area (Å²) in [6.07, 6.45) is 4.45. The molecule has 2 aromatic carbocycles. The Kier molecular flexibility index (Phi) is 5.63. The number of aromatic nitrogens is 4. The highest BCUT2D eigenvalue weighted by atomic mass is 19.1. The Balaban J connectivity index is 1.43. The minimum atomic E-state index is -0.341. The van der Waals surface area contributed by atoms with E-state index in [0.717, 1.165) is 44.7 Å². The summed E-state index contributed by atoms with van der Waals surface area (Å²) in [4.78, 5) is 4.49. The maximum absolute atomic E-state index is 14.9. The number of anilines is 1. The second kappa shape index (κ2) is 8.70. The van der Waals surface area contributed by atoms with Crippen LogP contribution in [-0.2, 0) is 0 Å². The van der Waals surface area contributed by atoms with Crippen LogP contribution in [0.2, 0.25) is 0 Å². The second-order valence-corrected chi connectivity index (χ2v) is 8.34. The van der Waals surface area contributed by atoms with Crippen molar-refractivity contribution in [3.05, 3.63) is 71.6 Å². The normalized spacial score (nSPS) is 19.1. The van der Waals surface area contributed by atoms with Crippen LogP contribution in [0.3, 0.4) is 0 Å². The zero-order chi connectivity index (χ0) is 21.2. The molecule has 31 heavy (non-hydrogen) atoms. The van der Waals surface area contributed by atoms with Crippen LogP contribution in [0.5, 0.6) is 0 Å². The van der Waals surface area contributed by atoms with Crippen molar-refractivity contribution in [2.75, 3.05) is 31.1 Å². The Morgan fingerprint density at radius 1 is 0.871 bits per heavy atom. The molecule has 0 radical (unpaired) electrons. The number of piperazine rings is 1. The van der Waals surface area contributed by atoms with Gasteiger partial charge in [-0.05, 0) is 53.6 Å². The van der Waals surface area contributed by atoms with E-state index in [4.69, 9.17) is 0 Å². The van der Waals surface area contributed by atoms with Gasteiger partial charge >= 0.3 is 0 Å². The molecule has 2 fully saturated rings. The van der Waals surface area contributed by atoms with Crippen LogP contribution in [-0.4, -0.2) is 51.3 Å². The summed E-state index contributed by atoms with van der Waals surface area (Å²) < 4.78 is 30.1. The molecule has 0 amide bonds. The molecule has 1 saturated carbocycles. The molecular formula is C23H26F2N6. The minimum Gasteiger partial charge on any atom is -0.369 e.